The lowest BCUT2D eigenvalue weighted by Gasteiger charge is -2.13. The average Bonchev–Trinajstić information content (AvgIpc) is 2.48. The van der Waals surface area contributed by atoms with Gasteiger partial charge in [0.25, 0.3) is 0 Å². The molecule has 3 heteroatoms. The zero-order valence-corrected chi connectivity index (χ0v) is 11.7. The van der Waals surface area contributed by atoms with E-state index in [9.17, 15) is 0 Å². The fraction of sp³-hybridized carbons (Fsp3) is 0.353. The van der Waals surface area contributed by atoms with Crippen LogP contribution < -0.4 is 11.1 Å². The summed E-state index contributed by atoms with van der Waals surface area (Å²) in [6.07, 6.45) is 8.76. The van der Waals surface area contributed by atoms with Gasteiger partial charge < -0.3 is 11.1 Å². The number of fused-ring (bicyclic) bond motifs is 1. The van der Waals surface area contributed by atoms with Crippen LogP contribution >= 0.6 is 0 Å². The van der Waals surface area contributed by atoms with Gasteiger partial charge in [0.2, 0.25) is 0 Å². The Morgan fingerprint density at radius 3 is 2.95 bits per heavy atom. The van der Waals surface area contributed by atoms with E-state index in [4.69, 9.17) is 5.73 Å². The molecular weight excluding hydrogens is 246 g/mol. The van der Waals surface area contributed by atoms with Gasteiger partial charge in [0.1, 0.15) is 5.82 Å². The summed E-state index contributed by atoms with van der Waals surface area (Å²) < 4.78 is 0. The number of hydrogen-bond acceptors (Lipinski definition) is 3. The smallest absolute Gasteiger partial charge is 0.126 e. The molecule has 3 rings (SSSR count). The Kier molecular flexibility index (Phi) is 3.86. The van der Waals surface area contributed by atoms with E-state index < -0.39 is 0 Å². The Morgan fingerprint density at radius 1 is 1.15 bits per heavy atom. The quantitative estimate of drug-likeness (QED) is 0.647. The Balaban J connectivity index is 1.62. The van der Waals surface area contributed by atoms with Crippen molar-refractivity contribution in [3.8, 4) is 0 Å². The van der Waals surface area contributed by atoms with Crippen molar-refractivity contribution in [1.29, 1.82) is 0 Å². The summed E-state index contributed by atoms with van der Waals surface area (Å²) in [7, 11) is 0. The van der Waals surface area contributed by atoms with E-state index in [1.165, 1.54) is 25.7 Å². The number of nitrogen functional groups attached to an aromatic ring is 1. The van der Waals surface area contributed by atoms with E-state index >= 15 is 0 Å². The van der Waals surface area contributed by atoms with Crippen LogP contribution in [0.1, 0.15) is 32.1 Å². The van der Waals surface area contributed by atoms with Crippen LogP contribution in [0, 0.1) is 0 Å². The SMILES string of the molecule is Nc1ccc2nc(NCCC3=CCCCC3)ccc2c1. The molecule has 2 aromatic rings. The molecule has 3 N–H and O–H groups in total. The van der Waals surface area contributed by atoms with Gasteiger partial charge in [0, 0.05) is 17.6 Å². The Hall–Kier alpha value is -2.03. The summed E-state index contributed by atoms with van der Waals surface area (Å²) in [5.41, 5.74) is 9.14. The third kappa shape index (κ3) is 3.10. The van der Waals surface area contributed by atoms with Gasteiger partial charge >= 0.3 is 0 Å². The normalized spacial score (nSPS) is 15.1. The minimum atomic E-state index is 0.782. The van der Waals surface area contributed by atoms with Gasteiger partial charge in [-0.1, -0.05) is 11.6 Å². The zero-order valence-electron chi connectivity index (χ0n) is 11.7. The minimum Gasteiger partial charge on any atom is -0.399 e. The van der Waals surface area contributed by atoms with Crippen LogP contribution in [0.25, 0.3) is 10.9 Å². The molecule has 1 aliphatic rings. The molecule has 3 nitrogen and oxygen atoms in total. The molecule has 0 bridgehead atoms. The van der Waals surface area contributed by atoms with Gasteiger partial charge in [0.05, 0.1) is 5.52 Å². The number of benzene rings is 1. The van der Waals surface area contributed by atoms with Gasteiger partial charge in [-0.05, 0) is 62.4 Å². The van der Waals surface area contributed by atoms with Crippen molar-refractivity contribution in [1.82, 2.24) is 4.98 Å². The Bertz CT molecular complexity index is 631. The van der Waals surface area contributed by atoms with Crippen LogP contribution in [-0.2, 0) is 0 Å². The first-order chi connectivity index (χ1) is 9.81. The molecule has 1 aliphatic carbocycles. The Morgan fingerprint density at radius 2 is 2.10 bits per heavy atom. The highest BCUT2D eigenvalue weighted by molar-refractivity contribution is 5.83. The average molecular weight is 267 g/mol. The molecule has 0 saturated carbocycles. The number of pyridine rings is 1. The van der Waals surface area contributed by atoms with Crippen LogP contribution in [0.4, 0.5) is 11.5 Å². The first-order valence-corrected chi connectivity index (χ1v) is 7.39. The number of hydrogen-bond donors (Lipinski definition) is 2. The Labute approximate surface area is 119 Å². The fourth-order valence-electron chi connectivity index (χ4n) is 2.73. The van der Waals surface area contributed by atoms with Gasteiger partial charge in [-0.15, -0.1) is 0 Å². The van der Waals surface area contributed by atoms with Crippen LogP contribution in [0.15, 0.2) is 42.0 Å². The van der Waals surface area contributed by atoms with Crippen molar-refractivity contribution >= 4 is 22.4 Å². The monoisotopic (exact) mass is 267 g/mol. The zero-order chi connectivity index (χ0) is 13.8. The summed E-state index contributed by atoms with van der Waals surface area (Å²) >= 11 is 0. The molecule has 1 aromatic heterocycles. The van der Waals surface area contributed by atoms with E-state index in [1.807, 2.05) is 24.3 Å². The third-order valence-electron chi connectivity index (χ3n) is 3.85. The lowest BCUT2D eigenvalue weighted by Crippen LogP contribution is -2.05. The van der Waals surface area contributed by atoms with Crippen molar-refractivity contribution in [2.24, 2.45) is 0 Å². The molecule has 1 heterocycles. The molecule has 0 unspecified atom stereocenters. The minimum absolute atomic E-state index is 0.782. The highest BCUT2D eigenvalue weighted by atomic mass is 15.0. The largest absolute Gasteiger partial charge is 0.399 e. The summed E-state index contributed by atoms with van der Waals surface area (Å²) in [6, 6.07) is 9.92. The predicted molar refractivity (Wildman–Crippen MR) is 85.8 cm³/mol. The summed E-state index contributed by atoms with van der Waals surface area (Å²) in [5, 5.41) is 4.50. The number of rotatable bonds is 4. The molecule has 0 fully saturated rings. The van der Waals surface area contributed by atoms with Crippen molar-refractivity contribution in [3.05, 3.63) is 42.0 Å². The summed E-state index contributed by atoms with van der Waals surface area (Å²) in [6.45, 7) is 0.958. The number of nitrogens with two attached hydrogens (primary N) is 1. The second-order valence-electron chi connectivity index (χ2n) is 5.43. The first-order valence-electron chi connectivity index (χ1n) is 7.39. The highest BCUT2D eigenvalue weighted by Crippen LogP contribution is 2.21. The van der Waals surface area contributed by atoms with E-state index in [0.717, 1.165) is 35.4 Å². The van der Waals surface area contributed by atoms with E-state index in [2.05, 4.69) is 22.4 Å². The second-order valence-corrected chi connectivity index (χ2v) is 5.43. The summed E-state index contributed by atoms with van der Waals surface area (Å²) in [4.78, 5) is 4.61. The maximum absolute atomic E-state index is 5.78. The number of anilines is 2. The third-order valence-corrected chi connectivity index (χ3v) is 3.85. The van der Waals surface area contributed by atoms with Gasteiger partial charge in [-0.25, -0.2) is 4.98 Å². The molecule has 0 saturated heterocycles. The number of allylic oxidation sites excluding steroid dienone is 1. The van der Waals surface area contributed by atoms with Crippen LogP contribution in [-0.4, -0.2) is 11.5 Å². The van der Waals surface area contributed by atoms with Crippen molar-refractivity contribution in [2.45, 2.75) is 32.1 Å². The lowest BCUT2D eigenvalue weighted by atomic mass is 9.97. The summed E-state index contributed by atoms with van der Waals surface area (Å²) in [5.74, 6) is 0.943. The van der Waals surface area contributed by atoms with Crippen LogP contribution in [0.5, 0.6) is 0 Å². The molecule has 0 aliphatic heterocycles. The van der Waals surface area contributed by atoms with Gasteiger partial charge in [-0.2, -0.15) is 0 Å². The fourth-order valence-corrected chi connectivity index (χ4v) is 2.73. The van der Waals surface area contributed by atoms with E-state index in [-0.39, 0.29) is 0 Å². The molecular formula is C17H21N3. The maximum atomic E-state index is 5.78. The number of aromatic nitrogens is 1. The number of nitrogens with one attached hydrogen (secondary N) is 1. The molecule has 0 radical (unpaired) electrons. The van der Waals surface area contributed by atoms with Gasteiger partial charge in [-0.3, -0.25) is 0 Å². The van der Waals surface area contributed by atoms with Crippen LogP contribution in [0.3, 0.4) is 0 Å². The molecule has 104 valence electrons. The standard InChI is InChI=1S/C17H21N3/c18-15-7-8-16-14(12-15)6-9-17(20-16)19-11-10-13-4-2-1-3-5-13/h4,6-9,12H,1-3,5,10-11,18H2,(H,19,20). The highest BCUT2D eigenvalue weighted by Gasteiger charge is 2.03. The van der Waals surface area contributed by atoms with Crippen molar-refractivity contribution in [3.63, 3.8) is 0 Å². The molecule has 20 heavy (non-hydrogen) atoms. The maximum Gasteiger partial charge on any atom is 0.126 e. The van der Waals surface area contributed by atoms with Gasteiger partial charge in [0.15, 0.2) is 0 Å². The first kappa shape index (κ1) is 13.0. The molecule has 0 amide bonds. The van der Waals surface area contributed by atoms with Crippen LogP contribution in [0.2, 0.25) is 0 Å². The molecule has 1 aromatic carbocycles. The van der Waals surface area contributed by atoms with E-state index in [0.29, 0.717) is 0 Å². The molecule has 0 atom stereocenters. The topological polar surface area (TPSA) is 50.9 Å². The molecule has 0 spiro atoms. The van der Waals surface area contributed by atoms with Crippen molar-refractivity contribution in [2.75, 3.05) is 17.6 Å². The lowest BCUT2D eigenvalue weighted by molar-refractivity contribution is 0.679. The number of nitrogens with zero attached hydrogens (tertiary/aromatic N) is 1. The predicted octanol–water partition coefficient (Wildman–Crippen LogP) is 4.12. The van der Waals surface area contributed by atoms with E-state index in [1.54, 1.807) is 5.57 Å². The second kappa shape index (κ2) is 5.95. The van der Waals surface area contributed by atoms with Crippen molar-refractivity contribution < 1.29 is 0 Å².